The minimum absolute atomic E-state index is 0. The van der Waals surface area contributed by atoms with Gasteiger partial charge in [0.2, 0.25) is 0 Å². The molecule has 0 saturated carbocycles. The first-order chi connectivity index (χ1) is 9.86. The molecule has 0 spiro atoms. The molecule has 2 aromatic carbocycles. The Morgan fingerprint density at radius 3 is 0.839 bits per heavy atom. The summed E-state index contributed by atoms with van der Waals surface area (Å²) in [6.45, 7) is 0. The molecule has 0 aliphatic heterocycles. The quantitative estimate of drug-likeness (QED) is 0.157. The van der Waals surface area contributed by atoms with Crippen molar-refractivity contribution in [2.75, 3.05) is 20.1 Å². The molecule has 0 bridgehead atoms. The monoisotopic (exact) mass is 636 g/mol. The molecule has 0 fully saturated rings. The van der Waals surface area contributed by atoms with Gasteiger partial charge < -0.3 is 38.9 Å². The predicted octanol–water partition coefficient (Wildman–Crippen LogP) is -3.33. The van der Waals surface area contributed by atoms with Crippen molar-refractivity contribution in [2.24, 2.45) is 0 Å². The van der Waals surface area contributed by atoms with Gasteiger partial charge in [-0.05, 0) is 30.1 Å². The number of rotatable bonds is 2. The molecular formula is C21H46Br2Cl2Na2O4. The average Bonchev–Trinajstić information content (AvgIpc) is 2.60. The minimum atomic E-state index is 0. The third kappa shape index (κ3) is 59.3. The number of ether oxygens (including phenoxy) is 2. The van der Waals surface area contributed by atoms with Crippen LogP contribution in [0.1, 0.15) is 44.6 Å². The van der Waals surface area contributed by atoms with Crippen molar-refractivity contribution in [3.05, 3.63) is 60.7 Å². The molecule has 0 saturated heterocycles. The second-order valence-corrected chi connectivity index (χ2v) is 3.03. The molecule has 2 rings (SSSR count). The first-order valence-electron chi connectivity index (χ1n) is 5.62. The molecule has 4 nitrogen and oxygen atoms in total. The molecule has 0 amide bonds. The third-order valence-corrected chi connectivity index (χ3v) is 1.96. The fourth-order valence-corrected chi connectivity index (χ4v) is 1.11. The van der Waals surface area contributed by atoms with E-state index in [1.165, 1.54) is 0 Å². The van der Waals surface area contributed by atoms with E-state index < -0.39 is 0 Å². The van der Waals surface area contributed by atoms with Crippen LogP contribution in [0.4, 0.5) is 0 Å². The molecule has 10 heteroatoms. The van der Waals surface area contributed by atoms with Gasteiger partial charge in [-0.1, -0.05) is 96.9 Å². The molecule has 0 aliphatic rings. The van der Waals surface area contributed by atoms with E-state index in [2.05, 4.69) is 15.9 Å². The van der Waals surface area contributed by atoms with Gasteiger partial charge >= 0.3 is 59.1 Å². The molecule has 0 aliphatic carbocycles. The van der Waals surface area contributed by atoms with Gasteiger partial charge in [0.1, 0.15) is 11.5 Å². The van der Waals surface area contributed by atoms with Gasteiger partial charge in [0.15, 0.2) is 0 Å². The summed E-state index contributed by atoms with van der Waals surface area (Å²) in [5.41, 5.74) is 0. The maximum absolute atomic E-state index is 6.00. The van der Waals surface area contributed by atoms with Crippen LogP contribution in [0.5, 0.6) is 11.5 Å². The van der Waals surface area contributed by atoms with Crippen molar-refractivity contribution >= 4 is 28.3 Å². The van der Waals surface area contributed by atoms with Crippen molar-refractivity contribution in [3.8, 4) is 11.5 Å². The van der Waals surface area contributed by atoms with Gasteiger partial charge in [-0.3, -0.25) is 10.5 Å². The van der Waals surface area contributed by atoms with Crippen molar-refractivity contribution in [2.45, 2.75) is 44.6 Å². The molecule has 184 valence electrons. The number of alkyl halides is 1. The van der Waals surface area contributed by atoms with E-state index in [0.29, 0.717) is 0 Å². The second kappa shape index (κ2) is 77.1. The summed E-state index contributed by atoms with van der Waals surface area (Å²) in [5.74, 6) is 3.63. The Kier molecular flexibility index (Phi) is 211. The maximum Gasteiger partial charge on any atom is 1.00 e. The van der Waals surface area contributed by atoms with Crippen LogP contribution in [-0.4, -0.2) is 30.6 Å². The SMILES string of the molecule is C.C.C.C.C.C.CBr.COc1ccccc1.COc1ccccc1.Cl.OO.[Br-].[Cl-].[Na+].[Na+]. The van der Waals surface area contributed by atoms with Crippen LogP contribution in [0, 0.1) is 0 Å². The zero-order valence-corrected chi connectivity index (χ0v) is 23.8. The maximum atomic E-state index is 6.00. The Morgan fingerprint density at radius 2 is 0.742 bits per heavy atom. The van der Waals surface area contributed by atoms with E-state index in [1.54, 1.807) is 14.2 Å². The summed E-state index contributed by atoms with van der Waals surface area (Å²) in [4.78, 5) is 0. The fraction of sp³-hybridized carbons (Fsp3) is 0.429. The van der Waals surface area contributed by atoms with E-state index >= 15 is 0 Å². The molecule has 0 radical (unpaired) electrons. The van der Waals surface area contributed by atoms with Crippen LogP contribution in [0.15, 0.2) is 60.7 Å². The van der Waals surface area contributed by atoms with Gasteiger partial charge in [-0.15, -0.1) is 12.4 Å². The summed E-state index contributed by atoms with van der Waals surface area (Å²) in [5, 5.41) is 12.0. The normalized spacial score (nSPS) is 4.84. The van der Waals surface area contributed by atoms with E-state index in [-0.39, 0.29) is 145 Å². The first kappa shape index (κ1) is 84.8. The average molecular weight is 639 g/mol. The number of methoxy groups -OCH3 is 2. The van der Waals surface area contributed by atoms with Crippen molar-refractivity contribution in [1.29, 1.82) is 0 Å². The minimum Gasteiger partial charge on any atom is -1.00 e. The molecular weight excluding hydrogens is 593 g/mol. The van der Waals surface area contributed by atoms with E-state index in [4.69, 9.17) is 20.0 Å². The molecule has 2 aromatic rings. The van der Waals surface area contributed by atoms with Crippen molar-refractivity contribution in [1.82, 2.24) is 0 Å². The first-order valence-corrected chi connectivity index (χ1v) is 7.21. The summed E-state index contributed by atoms with van der Waals surface area (Å²) in [7, 11) is 3.32. The molecule has 0 aromatic heterocycles. The smallest absolute Gasteiger partial charge is 1.00 e. The topological polar surface area (TPSA) is 58.9 Å². The summed E-state index contributed by atoms with van der Waals surface area (Å²) < 4.78 is 9.83. The fourth-order valence-electron chi connectivity index (χ4n) is 1.11. The van der Waals surface area contributed by atoms with Gasteiger partial charge in [0.25, 0.3) is 0 Å². The molecule has 0 unspecified atom stereocenters. The van der Waals surface area contributed by atoms with Gasteiger partial charge in [-0.2, -0.15) is 0 Å². The summed E-state index contributed by atoms with van der Waals surface area (Å²) in [6, 6.07) is 19.4. The zero-order valence-electron chi connectivity index (χ0n) is 15.0. The predicted molar refractivity (Wildman–Crippen MR) is 134 cm³/mol. The number of para-hydroxylation sites is 2. The Bertz CT molecular complexity index is 370. The van der Waals surface area contributed by atoms with Crippen molar-refractivity contribution < 1.29 is 108 Å². The van der Waals surface area contributed by atoms with Crippen LogP contribution in [0.3, 0.4) is 0 Å². The molecule has 2 N–H and O–H groups in total. The Morgan fingerprint density at radius 1 is 0.581 bits per heavy atom. The molecule has 0 atom stereocenters. The van der Waals surface area contributed by atoms with E-state index in [0.717, 1.165) is 11.5 Å². The van der Waals surface area contributed by atoms with Gasteiger partial charge in [-0.25, -0.2) is 0 Å². The van der Waals surface area contributed by atoms with Gasteiger partial charge in [0.05, 0.1) is 14.2 Å². The Balaban J connectivity index is -0.0000000125. The largest absolute Gasteiger partial charge is 1.00 e. The number of benzene rings is 2. The molecule has 0 heterocycles. The summed E-state index contributed by atoms with van der Waals surface area (Å²) >= 11 is 2.94. The summed E-state index contributed by atoms with van der Waals surface area (Å²) in [6.07, 6.45) is 0. The molecule has 31 heavy (non-hydrogen) atoms. The van der Waals surface area contributed by atoms with Gasteiger partial charge in [0, 0.05) is 0 Å². The van der Waals surface area contributed by atoms with Crippen LogP contribution < -0.4 is 98.0 Å². The van der Waals surface area contributed by atoms with E-state index in [9.17, 15) is 0 Å². The number of halogens is 4. The number of hydrogen-bond acceptors (Lipinski definition) is 4. The third-order valence-electron chi connectivity index (χ3n) is 1.96. The Hall–Kier alpha value is 1.50. The number of hydrogen-bond donors (Lipinski definition) is 2. The zero-order chi connectivity index (χ0) is 15.6. The van der Waals surface area contributed by atoms with Crippen LogP contribution in [0.25, 0.3) is 0 Å². The van der Waals surface area contributed by atoms with Crippen LogP contribution in [-0.2, 0) is 0 Å². The van der Waals surface area contributed by atoms with E-state index in [1.807, 2.05) is 66.5 Å². The second-order valence-electron chi connectivity index (χ2n) is 3.03. The standard InChI is InChI=1S/2C7H8O.CH3Br.6CH4.BrH.2ClH.2Na.H2O2/c2*1-8-7-5-3-2-4-6-7;1-2;;;;;;;;;;;;1-2/h2*2-6H,1H3;1H3;6*1H4;3*1H;;;1-2H/q;;;;;;;;;;;;2*+1;/p-2. The van der Waals surface area contributed by atoms with Crippen molar-refractivity contribution in [3.63, 3.8) is 0 Å². The van der Waals surface area contributed by atoms with Crippen LogP contribution in [0.2, 0.25) is 0 Å². The Labute approximate surface area is 270 Å². The van der Waals surface area contributed by atoms with Crippen LogP contribution >= 0.6 is 28.3 Å².